The Hall–Kier alpha value is -7.08. The largest absolute Gasteiger partial charge is 0.247 e. The summed E-state index contributed by atoms with van der Waals surface area (Å²) < 4.78 is 0. The van der Waals surface area contributed by atoms with Crippen molar-refractivity contribution in [1.29, 1.82) is 5.26 Å². The van der Waals surface area contributed by atoms with E-state index in [1.807, 2.05) is 24.3 Å². The van der Waals surface area contributed by atoms with Crippen molar-refractivity contribution in [3.63, 3.8) is 0 Å². The lowest BCUT2D eigenvalue weighted by Crippen LogP contribution is -2.15. The van der Waals surface area contributed by atoms with Gasteiger partial charge in [-0.15, -0.1) is 0 Å². The van der Waals surface area contributed by atoms with E-state index in [1.54, 1.807) is 0 Å². The zero-order chi connectivity index (χ0) is 39.3. The van der Waals surface area contributed by atoms with Crippen LogP contribution in [0, 0.1) is 11.3 Å². The average molecular weight is 741 g/mol. The lowest BCUT2D eigenvalue weighted by atomic mass is 9.81. The molecular weight excluding hydrogens is 701 g/mol. The van der Waals surface area contributed by atoms with E-state index in [0.29, 0.717) is 5.56 Å². The molecule has 0 amide bonds. The molecule has 0 saturated heterocycles. The maximum absolute atomic E-state index is 9.32. The minimum absolute atomic E-state index is 0.0966. The van der Waals surface area contributed by atoms with Gasteiger partial charge in [-0.3, -0.25) is 0 Å². The minimum Gasteiger partial charge on any atom is -0.247 e. The molecule has 0 aliphatic heterocycles. The van der Waals surface area contributed by atoms with Crippen LogP contribution in [0.15, 0.2) is 170 Å². The molecule has 274 valence electrons. The van der Waals surface area contributed by atoms with Gasteiger partial charge in [0.15, 0.2) is 0 Å². The summed E-state index contributed by atoms with van der Waals surface area (Å²) in [4.78, 5) is 5.53. The van der Waals surface area contributed by atoms with Crippen LogP contribution in [0.1, 0.15) is 55.5 Å². The van der Waals surface area contributed by atoms with E-state index in [0.717, 1.165) is 38.7 Å². The number of hydrogen-bond acceptors (Lipinski definition) is 2. The van der Waals surface area contributed by atoms with Gasteiger partial charge in [-0.2, -0.15) is 5.26 Å². The molecular formula is C56H40N2. The molecule has 58 heavy (non-hydrogen) atoms. The lowest BCUT2D eigenvalue weighted by molar-refractivity contribution is 0.660. The average Bonchev–Trinajstić information content (AvgIpc) is 3.64. The normalized spacial score (nSPS) is 14.1. The van der Waals surface area contributed by atoms with Crippen molar-refractivity contribution in [2.45, 2.75) is 38.5 Å². The highest BCUT2D eigenvalue weighted by atomic mass is 14.7. The van der Waals surface area contributed by atoms with E-state index in [4.69, 9.17) is 4.98 Å². The third-order valence-corrected chi connectivity index (χ3v) is 13.1. The summed E-state index contributed by atoms with van der Waals surface area (Å²) in [6.07, 6.45) is 0. The van der Waals surface area contributed by atoms with Gasteiger partial charge < -0.3 is 0 Å². The van der Waals surface area contributed by atoms with Crippen LogP contribution in [0.25, 0.3) is 88.6 Å². The minimum atomic E-state index is -0.123. The van der Waals surface area contributed by atoms with E-state index in [9.17, 15) is 5.26 Å². The topological polar surface area (TPSA) is 36.7 Å². The van der Waals surface area contributed by atoms with Gasteiger partial charge in [0, 0.05) is 27.2 Å². The third-order valence-electron chi connectivity index (χ3n) is 13.1. The summed E-state index contributed by atoms with van der Waals surface area (Å²) in [5, 5.41) is 12.8. The molecule has 0 bridgehead atoms. The molecule has 8 aromatic carbocycles. The van der Waals surface area contributed by atoms with Crippen LogP contribution in [0.5, 0.6) is 0 Å². The van der Waals surface area contributed by atoms with E-state index in [2.05, 4.69) is 179 Å². The fourth-order valence-corrected chi connectivity index (χ4v) is 9.99. The van der Waals surface area contributed by atoms with Crippen molar-refractivity contribution in [2.24, 2.45) is 0 Å². The number of hydrogen-bond donors (Lipinski definition) is 0. The Labute approximate surface area is 339 Å². The zero-order valence-electron chi connectivity index (χ0n) is 33.1. The predicted molar refractivity (Wildman–Crippen MR) is 241 cm³/mol. The summed E-state index contributed by atoms with van der Waals surface area (Å²) in [7, 11) is 0. The van der Waals surface area contributed by atoms with Gasteiger partial charge in [0.1, 0.15) is 0 Å². The number of aromatic nitrogens is 1. The highest BCUT2D eigenvalue weighted by Gasteiger charge is 2.37. The Morgan fingerprint density at radius 1 is 0.379 bits per heavy atom. The Balaban J connectivity index is 1.14. The summed E-state index contributed by atoms with van der Waals surface area (Å²) in [5.41, 5.74) is 21.2. The molecule has 0 fully saturated rings. The quantitative estimate of drug-likeness (QED) is 0.169. The molecule has 11 rings (SSSR count). The Kier molecular flexibility index (Phi) is 7.35. The SMILES string of the molecule is CC1(C)c2ccccc2-c2ccc(-c3cc4c(-c5ccc6c(c5)C(C)(C)c5ccccc5-6)cc(-c5ccc(-c6ccc(C#N)cc6)cc5)nc4c4ccccc34)cc21. The van der Waals surface area contributed by atoms with Gasteiger partial charge in [-0.1, -0.05) is 161 Å². The Bertz CT molecular complexity index is 3210. The zero-order valence-corrected chi connectivity index (χ0v) is 33.1. The van der Waals surface area contributed by atoms with Crippen molar-refractivity contribution in [3.05, 3.63) is 198 Å². The summed E-state index contributed by atoms with van der Waals surface area (Å²) in [5.74, 6) is 0. The van der Waals surface area contributed by atoms with Crippen LogP contribution >= 0.6 is 0 Å². The van der Waals surface area contributed by atoms with Crippen LogP contribution in [0.3, 0.4) is 0 Å². The molecule has 0 N–H and O–H groups in total. The van der Waals surface area contributed by atoms with Gasteiger partial charge in [0.25, 0.3) is 0 Å². The summed E-state index contributed by atoms with van der Waals surface area (Å²) in [6, 6.07) is 64.1. The second-order valence-corrected chi connectivity index (χ2v) is 17.0. The number of nitrogens with zero attached hydrogens (tertiary/aromatic N) is 2. The maximum atomic E-state index is 9.32. The van der Waals surface area contributed by atoms with E-state index in [-0.39, 0.29) is 10.8 Å². The van der Waals surface area contributed by atoms with Gasteiger partial charge in [0.2, 0.25) is 0 Å². The first-order chi connectivity index (χ1) is 28.2. The summed E-state index contributed by atoms with van der Waals surface area (Å²) >= 11 is 0. The molecule has 0 atom stereocenters. The van der Waals surface area contributed by atoms with Crippen LogP contribution in [-0.4, -0.2) is 4.98 Å². The fourth-order valence-electron chi connectivity index (χ4n) is 9.99. The molecule has 0 spiro atoms. The predicted octanol–water partition coefficient (Wildman–Crippen LogP) is 14.5. The highest BCUT2D eigenvalue weighted by molar-refractivity contribution is 6.16. The second kappa shape index (κ2) is 12.5. The van der Waals surface area contributed by atoms with Crippen LogP contribution in [0.4, 0.5) is 0 Å². The first-order valence-corrected chi connectivity index (χ1v) is 20.2. The third kappa shape index (κ3) is 5.00. The van der Waals surface area contributed by atoms with E-state index < -0.39 is 0 Å². The molecule has 2 aliphatic rings. The highest BCUT2D eigenvalue weighted by Crippen LogP contribution is 2.52. The molecule has 0 radical (unpaired) electrons. The number of pyridine rings is 1. The molecule has 0 unspecified atom stereocenters. The lowest BCUT2D eigenvalue weighted by Gasteiger charge is -2.23. The fraction of sp³-hybridized carbons (Fsp3) is 0.107. The van der Waals surface area contributed by atoms with Crippen LogP contribution in [-0.2, 0) is 10.8 Å². The van der Waals surface area contributed by atoms with Crippen molar-refractivity contribution < 1.29 is 0 Å². The van der Waals surface area contributed by atoms with Crippen molar-refractivity contribution in [2.75, 3.05) is 0 Å². The smallest absolute Gasteiger partial charge is 0.0991 e. The molecule has 9 aromatic rings. The second-order valence-electron chi connectivity index (χ2n) is 17.0. The molecule has 2 heteroatoms. The van der Waals surface area contributed by atoms with Crippen molar-refractivity contribution >= 4 is 21.7 Å². The number of nitriles is 1. The first-order valence-electron chi connectivity index (χ1n) is 20.2. The first kappa shape index (κ1) is 34.2. The van der Waals surface area contributed by atoms with E-state index >= 15 is 0 Å². The van der Waals surface area contributed by atoms with Crippen LogP contribution in [0.2, 0.25) is 0 Å². The Morgan fingerprint density at radius 3 is 1.40 bits per heavy atom. The number of fused-ring (bicyclic) bond motifs is 9. The van der Waals surface area contributed by atoms with Crippen molar-refractivity contribution in [3.8, 4) is 73.0 Å². The van der Waals surface area contributed by atoms with Crippen LogP contribution < -0.4 is 0 Å². The van der Waals surface area contributed by atoms with Gasteiger partial charge in [0.05, 0.1) is 22.8 Å². The standard InChI is InChI=1S/C56H40N2/c1-55(2)49-15-9-7-12-41(49)43-27-25-38(29-51(43)55)46-31-48-47(39-26-28-44-42-13-8-10-16-50(42)56(3,4)52(44)30-39)32-53(58-54(48)45-14-6-5-11-40(45)46)37-23-21-36(22-24-37)35-19-17-34(33-57)18-20-35/h5-32H,1-4H3. The monoisotopic (exact) mass is 740 g/mol. The summed E-state index contributed by atoms with van der Waals surface area (Å²) in [6.45, 7) is 9.42. The maximum Gasteiger partial charge on any atom is 0.0991 e. The molecule has 2 aliphatic carbocycles. The Morgan fingerprint density at radius 2 is 0.828 bits per heavy atom. The molecule has 2 nitrogen and oxygen atoms in total. The van der Waals surface area contributed by atoms with Gasteiger partial charge >= 0.3 is 0 Å². The molecule has 1 heterocycles. The molecule has 1 aromatic heterocycles. The van der Waals surface area contributed by atoms with E-state index in [1.165, 1.54) is 72.1 Å². The molecule has 0 saturated carbocycles. The van der Waals surface area contributed by atoms with Gasteiger partial charge in [-0.05, 0) is 120 Å². The van der Waals surface area contributed by atoms with Gasteiger partial charge in [-0.25, -0.2) is 4.98 Å². The number of benzene rings is 8. The van der Waals surface area contributed by atoms with Crippen molar-refractivity contribution in [1.82, 2.24) is 4.98 Å². The number of rotatable bonds is 4.